The number of hydrogen-bond donors (Lipinski definition) is 3. The van der Waals surface area contributed by atoms with E-state index in [0.717, 1.165) is 50.9 Å². The van der Waals surface area contributed by atoms with Crippen LogP contribution >= 0.6 is 11.3 Å². The SMILES string of the molecule is CCOC(=O)c1c(NC(=O)CCN2CCCC2)sc2c1CCCC2.O=C(O)C(=O)O. The minimum atomic E-state index is -1.82. The molecule has 1 saturated heterocycles. The van der Waals surface area contributed by atoms with Gasteiger partial charge in [-0.15, -0.1) is 11.3 Å². The summed E-state index contributed by atoms with van der Waals surface area (Å²) >= 11 is 1.56. The van der Waals surface area contributed by atoms with Gasteiger partial charge in [0.05, 0.1) is 12.2 Å². The van der Waals surface area contributed by atoms with Gasteiger partial charge in [-0.05, 0) is 64.1 Å². The van der Waals surface area contributed by atoms with Crippen molar-refractivity contribution < 1.29 is 34.1 Å². The summed E-state index contributed by atoms with van der Waals surface area (Å²) in [5, 5.41) is 18.5. The van der Waals surface area contributed by atoms with E-state index in [2.05, 4.69) is 10.2 Å². The first-order chi connectivity index (χ1) is 14.3. The lowest BCUT2D eigenvalue weighted by Crippen LogP contribution is -2.25. The monoisotopic (exact) mass is 440 g/mol. The summed E-state index contributed by atoms with van der Waals surface area (Å²) in [5.74, 6) is -3.96. The molecule has 0 saturated carbocycles. The predicted molar refractivity (Wildman–Crippen MR) is 111 cm³/mol. The number of aliphatic carboxylic acids is 2. The van der Waals surface area contributed by atoms with Gasteiger partial charge >= 0.3 is 17.9 Å². The highest BCUT2D eigenvalue weighted by Gasteiger charge is 2.27. The van der Waals surface area contributed by atoms with E-state index >= 15 is 0 Å². The van der Waals surface area contributed by atoms with Crippen LogP contribution in [-0.2, 0) is 32.0 Å². The minimum Gasteiger partial charge on any atom is -0.473 e. The first-order valence-corrected chi connectivity index (χ1v) is 10.9. The second-order valence-electron chi connectivity index (χ2n) is 7.09. The number of likely N-dealkylation sites (tertiary alicyclic amines) is 1. The van der Waals surface area contributed by atoms with Gasteiger partial charge in [-0.3, -0.25) is 4.79 Å². The lowest BCUT2D eigenvalue weighted by molar-refractivity contribution is -0.159. The Hall–Kier alpha value is -2.46. The van der Waals surface area contributed by atoms with Crippen LogP contribution in [0.4, 0.5) is 5.00 Å². The van der Waals surface area contributed by atoms with E-state index in [1.807, 2.05) is 6.92 Å². The third kappa shape index (κ3) is 6.81. The zero-order valence-electron chi connectivity index (χ0n) is 17.1. The second-order valence-corrected chi connectivity index (χ2v) is 8.20. The molecule has 0 atom stereocenters. The minimum absolute atomic E-state index is 0.00829. The van der Waals surface area contributed by atoms with Gasteiger partial charge < -0.3 is 25.2 Å². The van der Waals surface area contributed by atoms with Crippen molar-refractivity contribution >= 4 is 40.2 Å². The average molecular weight is 441 g/mol. The van der Waals surface area contributed by atoms with Gasteiger partial charge in [0.25, 0.3) is 0 Å². The Balaban J connectivity index is 0.000000469. The van der Waals surface area contributed by atoms with Crippen LogP contribution < -0.4 is 5.32 Å². The average Bonchev–Trinajstić information content (AvgIpc) is 3.34. The molecule has 0 spiro atoms. The molecule has 0 bridgehead atoms. The van der Waals surface area contributed by atoms with Crippen molar-refractivity contribution in [2.75, 3.05) is 31.6 Å². The van der Waals surface area contributed by atoms with E-state index in [-0.39, 0.29) is 11.9 Å². The number of carbonyl (C=O) groups excluding carboxylic acids is 2. The number of ether oxygens (including phenoxy) is 1. The molecule has 9 nitrogen and oxygen atoms in total. The van der Waals surface area contributed by atoms with Crippen LogP contribution in [0.5, 0.6) is 0 Å². The number of carboxylic acids is 2. The fourth-order valence-corrected chi connectivity index (χ4v) is 4.82. The van der Waals surface area contributed by atoms with E-state index in [0.29, 0.717) is 23.6 Å². The molecule has 2 heterocycles. The van der Waals surface area contributed by atoms with Crippen molar-refractivity contribution in [3.05, 3.63) is 16.0 Å². The molecule has 0 radical (unpaired) electrons. The zero-order valence-corrected chi connectivity index (χ0v) is 17.9. The molecule has 0 aromatic carbocycles. The summed E-state index contributed by atoms with van der Waals surface area (Å²) in [4.78, 5) is 46.5. The number of hydrogen-bond acceptors (Lipinski definition) is 7. The normalized spacial score (nSPS) is 15.5. The van der Waals surface area contributed by atoms with Crippen molar-refractivity contribution in [3.8, 4) is 0 Å². The summed E-state index contributed by atoms with van der Waals surface area (Å²) in [6.07, 6.45) is 7.08. The smallest absolute Gasteiger partial charge is 0.414 e. The third-order valence-corrected chi connectivity index (χ3v) is 6.15. The van der Waals surface area contributed by atoms with Gasteiger partial charge in [-0.2, -0.15) is 0 Å². The Bertz CT molecular complexity index is 772. The van der Waals surface area contributed by atoms with Gasteiger partial charge in [0.2, 0.25) is 5.91 Å². The van der Waals surface area contributed by atoms with Crippen LogP contribution in [0.1, 0.15) is 59.8 Å². The molecule has 1 aliphatic heterocycles. The first kappa shape index (κ1) is 23.8. The standard InChI is InChI=1S/C18H26N2O3S.C2H2O4/c1-2-23-18(22)16-13-7-3-4-8-14(13)24-17(16)19-15(21)9-12-20-10-5-6-11-20;3-1(4)2(5)6/h2-12H2,1H3,(H,19,21);(H,3,4)(H,5,6). The van der Waals surface area contributed by atoms with E-state index in [4.69, 9.17) is 24.5 Å². The molecule has 1 amide bonds. The summed E-state index contributed by atoms with van der Waals surface area (Å²) in [6, 6.07) is 0. The number of anilines is 1. The van der Waals surface area contributed by atoms with Gasteiger partial charge in [0, 0.05) is 17.8 Å². The van der Waals surface area contributed by atoms with Crippen molar-refractivity contribution in [3.63, 3.8) is 0 Å². The Labute approximate surface area is 179 Å². The van der Waals surface area contributed by atoms with Crippen LogP contribution in [-0.4, -0.2) is 65.2 Å². The van der Waals surface area contributed by atoms with Crippen LogP contribution in [0, 0.1) is 0 Å². The number of carboxylic acid groups (broad SMARTS) is 2. The topological polar surface area (TPSA) is 133 Å². The lowest BCUT2D eigenvalue weighted by atomic mass is 9.95. The van der Waals surface area contributed by atoms with E-state index in [1.165, 1.54) is 17.7 Å². The number of carbonyl (C=O) groups is 4. The number of nitrogens with one attached hydrogen (secondary N) is 1. The third-order valence-electron chi connectivity index (χ3n) is 4.94. The Morgan fingerprint density at radius 3 is 2.27 bits per heavy atom. The molecular weight excluding hydrogens is 412 g/mol. The molecule has 3 rings (SSSR count). The fraction of sp³-hybridized carbons (Fsp3) is 0.600. The fourth-order valence-electron chi connectivity index (χ4n) is 3.53. The predicted octanol–water partition coefficient (Wildman–Crippen LogP) is 2.38. The number of rotatable bonds is 6. The number of amides is 1. The molecule has 2 aliphatic rings. The van der Waals surface area contributed by atoms with Crippen LogP contribution in [0.2, 0.25) is 0 Å². The number of nitrogens with zero attached hydrogens (tertiary/aromatic N) is 1. The molecule has 0 unspecified atom stereocenters. The highest BCUT2D eigenvalue weighted by atomic mass is 32.1. The molecule has 1 aliphatic carbocycles. The molecule has 10 heteroatoms. The Kier molecular flexibility index (Phi) is 9.25. The van der Waals surface area contributed by atoms with Gasteiger partial charge in [0.1, 0.15) is 5.00 Å². The maximum Gasteiger partial charge on any atom is 0.414 e. The van der Waals surface area contributed by atoms with Crippen molar-refractivity contribution in [1.82, 2.24) is 4.90 Å². The highest BCUT2D eigenvalue weighted by molar-refractivity contribution is 7.17. The first-order valence-electron chi connectivity index (χ1n) is 10.1. The van der Waals surface area contributed by atoms with E-state index in [1.54, 1.807) is 11.3 Å². The second kappa shape index (κ2) is 11.7. The number of aryl methyl sites for hydroxylation is 1. The number of thiophene rings is 1. The Morgan fingerprint density at radius 2 is 1.67 bits per heavy atom. The molecule has 1 aromatic heterocycles. The van der Waals surface area contributed by atoms with E-state index < -0.39 is 11.9 Å². The van der Waals surface area contributed by atoms with Crippen molar-refractivity contribution in [2.24, 2.45) is 0 Å². The largest absolute Gasteiger partial charge is 0.473 e. The molecule has 30 heavy (non-hydrogen) atoms. The Morgan fingerprint density at radius 1 is 1.03 bits per heavy atom. The molecule has 3 N–H and O–H groups in total. The van der Waals surface area contributed by atoms with Crippen molar-refractivity contribution in [1.29, 1.82) is 0 Å². The summed E-state index contributed by atoms with van der Waals surface area (Å²) < 4.78 is 5.22. The van der Waals surface area contributed by atoms with E-state index in [9.17, 15) is 9.59 Å². The van der Waals surface area contributed by atoms with Crippen LogP contribution in [0.25, 0.3) is 0 Å². The molecule has 1 aromatic rings. The summed E-state index contributed by atoms with van der Waals surface area (Å²) in [5.41, 5.74) is 1.70. The molecular formula is C20H28N2O7S. The van der Waals surface area contributed by atoms with Crippen molar-refractivity contribution in [2.45, 2.75) is 51.9 Å². The number of fused-ring (bicyclic) bond motifs is 1. The van der Waals surface area contributed by atoms with Crippen LogP contribution in [0.3, 0.4) is 0 Å². The van der Waals surface area contributed by atoms with Gasteiger partial charge in [0.15, 0.2) is 0 Å². The summed E-state index contributed by atoms with van der Waals surface area (Å²) in [6.45, 7) is 5.14. The number of esters is 1. The van der Waals surface area contributed by atoms with Crippen LogP contribution in [0.15, 0.2) is 0 Å². The zero-order chi connectivity index (χ0) is 22.1. The quantitative estimate of drug-likeness (QED) is 0.454. The summed E-state index contributed by atoms with van der Waals surface area (Å²) in [7, 11) is 0. The highest BCUT2D eigenvalue weighted by Crippen LogP contribution is 2.38. The maximum absolute atomic E-state index is 12.4. The maximum atomic E-state index is 12.4. The molecule has 166 valence electrons. The molecule has 1 fully saturated rings. The van der Waals surface area contributed by atoms with Gasteiger partial charge in [-0.1, -0.05) is 0 Å². The van der Waals surface area contributed by atoms with Gasteiger partial charge in [-0.25, -0.2) is 14.4 Å². The lowest BCUT2D eigenvalue weighted by Gasteiger charge is -2.14.